The number of ether oxygens (including phenoxy) is 1. The first-order valence-corrected chi connectivity index (χ1v) is 6.14. The minimum atomic E-state index is -1.62. The Hall–Kier alpha value is -1.89. The number of hydrogen-bond acceptors (Lipinski definition) is 5. The summed E-state index contributed by atoms with van der Waals surface area (Å²) < 4.78 is 6.28. The van der Waals surface area contributed by atoms with E-state index >= 15 is 0 Å². The summed E-state index contributed by atoms with van der Waals surface area (Å²) in [4.78, 5) is 26.7. The van der Waals surface area contributed by atoms with Crippen molar-refractivity contribution in [3.63, 3.8) is 0 Å². The molecular weight excluding hydrogens is 264 g/mol. The van der Waals surface area contributed by atoms with E-state index in [2.05, 4.69) is 4.98 Å². The lowest BCUT2D eigenvalue weighted by Crippen LogP contribution is -2.40. The SMILES string of the molecule is CC(C)(C)OC(=O)n1cnc(C(C)(C)C(O)C(=O)O)c1. The van der Waals surface area contributed by atoms with E-state index in [1.165, 1.54) is 26.4 Å². The maximum atomic E-state index is 11.8. The third-order valence-electron chi connectivity index (χ3n) is 2.76. The Labute approximate surface area is 117 Å². The number of carbonyl (C=O) groups is 2. The van der Waals surface area contributed by atoms with Gasteiger partial charge in [-0.1, -0.05) is 13.8 Å². The van der Waals surface area contributed by atoms with Crippen molar-refractivity contribution in [1.82, 2.24) is 9.55 Å². The molecule has 0 aliphatic heterocycles. The number of nitrogens with zero attached hydrogens (tertiary/aromatic N) is 2. The molecule has 7 heteroatoms. The summed E-state index contributed by atoms with van der Waals surface area (Å²) in [7, 11) is 0. The zero-order valence-electron chi connectivity index (χ0n) is 12.2. The van der Waals surface area contributed by atoms with Gasteiger partial charge in [-0.2, -0.15) is 0 Å². The number of imidazole rings is 1. The summed E-state index contributed by atoms with van der Waals surface area (Å²) in [6, 6.07) is 0. The van der Waals surface area contributed by atoms with Crippen LogP contribution in [0.4, 0.5) is 4.79 Å². The Morgan fingerprint density at radius 3 is 2.30 bits per heavy atom. The standard InChI is InChI=1S/C13H20N2O5/c1-12(2,3)20-11(19)15-6-8(14-7-15)13(4,5)9(16)10(17)18/h6-7,9,16H,1-5H3,(H,17,18). The van der Waals surface area contributed by atoms with Crippen molar-refractivity contribution in [2.75, 3.05) is 0 Å². The van der Waals surface area contributed by atoms with Gasteiger partial charge < -0.3 is 14.9 Å². The number of aliphatic hydroxyl groups excluding tert-OH is 1. The molecular formula is C13H20N2O5. The number of carboxylic acid groups (broad SMARTS) is 1. The lowest BCUT2D eigenvalue weighted by atomic mass is 9.83. The Balaban J connectivity index is 2.98. The number of aliphatic carboxylic acids is 1. The summed E-state index contributed by atoms with van der Waals surface area (Å²) >= 11 is 0. The van der Waals surface area contributed by atoms with E-state index in [4.69, 9.17) is 9.84 Å². The van der Waals surface area contributed by atoms with Gasteiger partial charge in [0, 0.05) is 11.6 Å². The first kappa shape index (κ1) is 16.2. The minimum Gasteiger partial charge on any atom is -0.479 e. The summed E-state index contributed by atoms with van der Waals surface area (Å²) in [5.74, 6) is -1.35. The van der Waals surface area contributed by atoms with Crippen molar-refractivity contribution in [2.45, 2.75) is 51.7 Å². The highest BCUT2D eigenvalue weighted by atomic mass is 16.6. The fourth-order valence-corrected chi connectivity index (χ4v) is 1.52. The van der Waals surface area contributed by atoms with Crippen molar-refractivity contribution >= 4 is 12.1 Å². The molecule has 1 aromatic rings. The summed E-state index contributed by atoms with van der Waals surface area (Å²) in [5, 5.41) is 18.5. The number of carboxylic acids is 1. The molecule has 0 fully saturated rings. The van der Waals surface area contributed by atoms with Crippen LogP contribution in [-0.4, -0.2) is 43.5 Å². The lowest BCUT2D eigenvalue weighted by molar-refractivity contribution is -0.150. The molecule has 0 radical (unpaired) electrons. The maximum Gasteiger partial charge on any atom is 0.419 e. The highest BCUT2D eigenvalue weighted by Gasteiger charge is 2.37. The normalized spacial score (nSPS) is 13.9. The summed E-state index contributed by atoms with van der Waals surface area (Å²) in [5.41, 5.74) is -1.48. The molecule has 0 amide bonds. The first-order chi connectivity index (χ1) is 8.95. The van der Waals surface area contributed by atoms with E-state index < -0.39 is 29.2 Å². The van der Waals surface area contributed by atoms with Gasteiger partial charge in [0.1, 0.15) is 11.9 Å². The third kappa shape index (κ3) is 3.57. The zero-order chi connectivity index (χ0) is 15.7. The molecule has 0 spiro atoms. The van der Waals surface area contributed by atoms with Gasteiger partial charge in [-0.25, -0.2) is 19.1 Å². The average molecular weight is 284 g/mol. The second-order valence-corrected chi connectivity index (χ2v) is 6.11. The van der Waals surface area contributed by atoms with Gasteiger partial charge in [-0.05, 0) is 20.8 Å². The van der Waals surface area contributed by atoms with Crippen LogP contribution in [0.15, 0.2) is 12.5 Å². The smallest absolute Gasteiger partial charge is 0.419 e. The second-order valence-electron chi connectivity index (χ2n) is 6.11. The third-order valence-corrected chi connectivity index (χ3v) is 2.76. The van der Waals surface area contributed by atoms with Crippen LogP contribution < -0.4 is 0 Å². The quantitative estimate of drug-likeness (QED) is 0.869. The van der Waals surface area contributed by atoms with Gasteiger partial charge in [-0.15, -0.1) is 0 Å². The molecule has 0 aliphatic carbocycles. The average Bonchev–Trinajstić information content (AvgIpc) is 2.75. The molecule has 0 bridgehead atoms. The van der Waals surface area contributed by atoms with Crippen LogP contribution in [-0.2, 0) is 14.9 Å². The molecule has 112 valence electrons. The van der Waals surface area contributed by atoms with Gasteiger partial charge in [0.2, 0.25) is 0 Å². The molecule has 0 saturated carbocycles. The van der Waals surface area contributed by atoms with Crippen LogP contribution in [0.2, 0.25) is 0 Å². The van der Waals surface area contributed by atoms with Crippen LogP contribution in [0.25, 0.3) is 0 Å². The number of hydrogen-bond donors (Lipinski definition) is 2. The predicted molar refractivity (Wildman–Crippen MR) is 70.5 cm³/mol. The predicted octanol–water partition coefficient (Wildman–Crippen LogP) is 1.39. The highest BCUT2D eigenvalue weighted by molar-refractivity contribution is 5.74. The molecule has 1 unspecified atom stereocenters. The fourth-order valence-electron chi connectivity index (χ4n) is 1.52. The van der Waals surface area contributed by atoms with Crippen LogP contribution in [0.1, 0.15) is 40.3 Å². The number of aliphatic hydroxyl groups is 1. The molecule has 0 aromatic carbocycles. The van der Waals surface area contributed by atoms with E-state index in [9.17, 15) is 14.7 Å². The molecule has 1 heterocycles. The maximum absolute atomic E-state index is 11.8. The van der Waals surface area contributed by atoms with Crippen molar-refractivity contribution in [3.8, 4) is 0 Å². The van der Waals surface area contributed by atoms with Crippen LogP contribution in [0.3, 0.4) is 0 Å². The van der Waals surface area contributed by atoms with Crippen molar-refractivity contribution in [2.24, 2.45) is 0 Å². The summed E-state index contributed by atoms with van der Waals surface area (Å²) in [6.07, 6.45) is 0.362. The Bertz CT molecular complexity index is 513. The molecule has 20 heavy (non-hydrogen) atoms. The molecule has 0 aliphatic rings. The van der Waals surface area contributed by atoms with Crippen LogP contribution in [0, 0.1) is 0 Å². The van der Waals surface area contributed by atoms with Gasteiger partial charge in [0.25, 0.3) is 0 Å². The van der Waals surface area contributed by atoms with Crippen molar-refractivity contribution in [1.29, 1.82) is 0 Å². The van der Waals surface area contributed by atoms with Crippen LogP contribution >= 0.6 is 0 Å². The highest BCUT2D eigenvalue weighted by Crippen LogP contribution is 2.26. The topological polar surface area (TPSA) is 102 Å². The Kier molecular flexibility index (Phi) is 4.24. The van der Waals surface area contributed by atoms with Gasteiger partial charge >= 0.3 is 12.1 Å². The van der Waals surface area contributed by atoms with Crippen molar-refractivity contribution in [3.05, 3.63) is 18.2 Å². The Morgan fingerprint density at radius 1 is 1.30 bits per heavy atom. The molecule has 1 rings (SSSR count). The van der Waals surface area contributed by atoms with E-state index in [1.54, 1.807) is 20.8 Å². The van der Waals surface area contributed by atoms with E-state index in [0.29, 0.717) is 5.69 Å². The van der Waals surface area contributed by atoms with Gasteiger partial charge in [0.05, 0.1) is 5.69 Å². The van der Waals surface area contributed by atoms with Crippen LogP contribution in [0.5, 0.6) is 0 Å². The number of aromatic nitrogens is 2. The summed E-state index contributed by atoms with van der Waals surface area (Å²) in [6.45, 7) is 8.28. The van der Waals surface area contributed by atoms with Gasteiger partial charge in [0.15, 0.2) is 6.10 Å². The zero-order valence-corrected chi connectivity index (χ0v) is 12.2. The molecule has 7 nitrogen and oxygen atoms in total. The molecule has 2 N–H and O–H groups in total. The fraction of sp³-hybridized carbons (Fsp3) is 0.615. The minimum absolute atomic E-state index is 0.290. The van der Waals surface area contributed by atoms with Crippen molar-refractivity contribution < 1.29 is 24.5 Å². The number of rotatable bonds is 3. The van der Waals surface area contributed by atoms with E-state index in [1.807, 2.05) is 0 Å². The molecule has 1 atom stereocenters. The number of carbonyl (C=O) groups excluding carboxylic acids is 1. The molecule has 0 saturated heterocycles. The first-order valence-electron chi connectivity index (χ1n) is 6.14. The van der Waals surface area contributed by atoms with E-state index in [0.717, 1.165) is 4.57 Å². The largest absolute Gasteiger partial charge is 0.479 e. The monoisotopic (exact) mass is 284 g/mol. The Morgan fingerprint density at radius 2 is 1.85 bits per heavy atom. The lowest BCUT2D eigenvalue weighted by Gasteiger charge is -2.25. The molecule has 1 aromatic heterocycles. The van der Waals surface area contributed by atoms with E-state index in [-0.39, 0.29) is 0 Å². The van der Waals surface area contributed by atoms with Gasteiger partial charge in [-0.3, -0.25) is 0 Å². The second kappa shape index (κ2) is 5.24.